The van der Waals surface area contributed by atoms with E-state index in [-0.39, 0.29) is 18.9 Å². The maximum absolute atomic E-state index is 13.3. The van der Waals surface area contributed by atoms with E-state index in [0.717, 1.165) is 109 Å². The summed E-state index contributed by atoms with van der Waals surface area (Å²) in [6.45, 7) is 1.50. The van der Waals surface area contributed by atoms with E-state index in [9.17, 15) is 61.0 Å². The standard InChI is InChI=1S/C74H117NO18/c1-3-5-7-9-11-13-14-15-16-17-18-19-20-21-22-23-24-25-26-27-28-29-30-31-32-33-34-35-36-37-38-39-40-41-42-44-46-48-50-52-62(80)75-57(58(79)51-49-47-45-43-12-10-8-6-4-2)56-88-72-68(86)65(83)70(60(54-77)90-72)93-74-69(87)66(84)71(61(55-78)91-74)92-73-67(85)64(82)63(81)59(53-76)89-73/h5,7,11,13,15-16,18-19,21-22,24-25,27-28,30-31,33-34,36-37,39-40,42,44,49,51,57-61,63-74,76-79,81-87H,3-4,6,8-10,12,14,17,20,23,26,29,32,35,38,41,43,45-48,50,52-56H2,1-2H3,(H,75,80)/b7-5-,13-11-,16-15-,19-18-,22-21-,25-24-,28-27-,31-30-,34-33-,37-36-,40-39-,44-42-,51-49+. The number of amides is 1. The number of ether oxygens (including phenoxy) is 6. The molecule has 0 aliphatic carbocycles. The van der Waals surface area contributed by atoms with Crippen molar-refractivity contribution in [2.75, 3.05) is 26.4 Å². The molecule has 17 atom stereocenters. The molecule has 93 heavy (non-hydrogen) atoms. The highest BCUT2D eigenvalue weighted by Crippen LogP contribution is 2.33. The molecule has 0 radical (unpaired) electrons. The first-order valence-corrected chi connectivity index (χ1v) is 34.2. The summed E-state index contributed by atoms with van der Waals surface area (Å²) in [7, 11) is 0. The molecule has 19 nitrogen and oxygen atoms in total. The van der Waals surface area contributed by atoms with Crippen LogP contribution >= 0.6 is 0 Å². The molecule has 19 heteroatoms. The molecule has 0 saturated carbocycles. The lowest BCUT2D eigenvalue weighted by Gasteiger charge is -2.48. The predicted octanol–water partition coefficient (Wildman–Crippen LogP) is 8.93. The summed E-state index contributed by atoms with van der Waals surface area (Å²) in [5.41, 5.74) is 0. The fourth-order valence-electron chi connectivity index (χ4n) is 10.3. The second-order valence-electron chi connectivity index (χ2n) is 23.6. The Kier molecular flexibility index (Phi) is 47.6. The number of unbranched alkanes of at least 4 members (excludes halogenated alkanes) is 9. The number of rotatable bonds is 49. The molecule has 3 heterocycles. The number of hydrogen-bond donors (Lipinski definition) is 12. The van der Waals surface area contributed by atoms with E-state index in [2.05, 4.69) is 165 Å². The molecule has 3 aliphatic heterocycles. The summed E-state index contributed by atoms with van der Waals surface area (Å²) in [6.07, 6.45) is 51.2. The topological polar surface area (TPSA) is 307 Å². The number of aliphatic hydroxyl groups is 11. The number of carbonyl (C=O) groups excluding carboxylic acids is 1. The third kappa shape index (κ3) is 35.3. The van der Waals surface area contributed by atoms with Crippen LogP contribution in [0.4, 0.5) is 0 Å². The first-order valence-electron chi connectivity index (χ1n) is 34.2. The maximum Gasteiger partial charge on any atom is 0.220 e. The largest absolute Gasteiger partial charge is 0.394 e. The molecule has 12 N–H and O–H groups in total. The lowest BCUT2D eigenvalue weighted by molar-refractivity contribution is -0.379. The molecule has 3 aliphatic rings. The van der Waals surface area contributed by atoms with Gasteiger partial charge in [0.1, 0.15) is 73.2 Å². The van der Waals surface area contributed by atoms with E-state index >= 15 is 0 Å². The first-order chi connectivity index (χ1) is 45.3. The van der Waals surface area contributed by atoms with Gasteiger partial charge in [-0.25, -0.2) is 0 Å². The van der Waals surface area contributed by atoms with Gasteiger partial charge in [0.25, 0.3) is 0 Å². The minimum atomic E-state index is -1.99. The van der Waals surface area contributed by atoms with Crippen molar-refractivity contribution in [3.63, 3.8) is 0 Å². The number of aliphatic hydroxyl groups excluding tert-OH is 11. The average molecular weight is 1310 g/mol. The van der Waals surface area contributed by atoms with Gasteiger partial charge in [-0.3, -0.25) is 4.79 Å². The van der Waals surface area contributed by atoms with Crippen LogP contribution in [0.2, 0.25) is 0 Å². The van der Waals surface area contributed by atoms with Crippen LogP contribution in [-0.2, 0) is 33.2 Å². The van der Waals surface area contributed by atoms with Gasteiger partial charge in [-0.05, 0) is 109 Å². The Balaban J connectivity index is 1.35. The van der Waals surface area contributed by atoms with Gasteiger partial charge in [-0.1, -0.05) is 210 Å². The van der Waals surface area contributed by atoms with Crippen molar-refractivity contribution in [1.82, 2.24) is 5.32 Å². The average Bonchev–Trinajstić information content (AvgIpc) is 0.828. The monoisotopic (exact) mass is 1310 g/mol. The van der Waals surface area contributed by atoms with E-state index in [1.807, 2.05) is 6.08 Å². The molecule has 526 valence electrons. The predicted molar refractivity (Wildman–Crippen MR) is 364 cm³/mol. The molecule has 17 unspecified atom stereocenters. The van der Waals surface area contributed by atoms with Crippen LogP contribution < -0.4 is 5.32 Å². The van der Waals surface area contributed by atoms with Gasteiger partial charge in [-0.15, -0.1) is 0 Å². The molecular weight excluding hydrogens is 1190 g/mol. The fraction of sp³-hybridized carbons (Fsp3) is 0.635. The van der Waals surface area contributed by atoms with Gasteiger partial charge in [-0.2, -0.15) is 0 Å². The van der Waals surface area contributed by atoms with Gasteiger partial charge in [0, 0.05) is 6.42 Å². The Morgan fingerprint density at radius 1 is 0.398 bits per heavy atom. The number of hydrogen-bond acceptors (Lipinski definition) is 18. The first kappa shape index (κ1) is 82.6. The third-order valence-corrected chi connectivity index (χ3v) is 15.8. The summed E-state index contributed by atoms with van der Waals surface area (Å²) in [5.74, 6) is -0.329. The summed E-state index contributed by atoms with van der Waals surface area (Å²) in [4.78, 5) is 13.3. The molecule has 3 saturated heterocycles. The molecular formula is C74H117NO18. The van der Waals surface area contributed by atoms with Gasteiger partial charge in [0.05, 0.1) is 38.6 Å². The highest BCUT2D eigenvalue weighted by Gasteiger charge is 2.53. The molecule has 3 rings (SSSR count). The smallest absolute Gasteiger partial charge is 0.220 e. The van der Waals surface area contributed by atoms with Gasteiger partial charge < -0.3 is 89.9 Å². The zero-order valence-corrected chi connectivity index (χ0v) is 55.4. The number of allylic oxidation sites excluding steroid dienone is 25. The third-order valence-electron chi connectivity index (χ3n) is 15.8. The molecule has 1 amide bonds. The van der Waals surface area contributed by atoms with Crippen molar-refractivity contribution in [1.29, 1.82) is 0 Å². The Hall–Kier alpha value is -4.59. The molecule has 0 aromatic rings. The van der Waals surface area contributed by atoms with Crippen LogP contribution in [0.3, 0.4) is 0 Å². The summed E-state index contributed by atoms with van der Waals surface area (Å²) in [6, 6.07) is -1.01. The molecule has 0 bridgehead atoms. The number of carbonyl (C=O) groups is 1. The fourth-order valence-corrected chi connectivity index (χ4v) is 10.3. The van der Waals surface area contributed by atoms with Crippen molar-refractivity contribution >= 4 is 5.91 Å². The Morgan fingerprint density at radius 2 is 0.742 bits per heavy atom. The van der Waals surface area contributed by atoms with Gasteiger partial charge in [0.15, 0.2) is 18.9 Å². The second-order valence-corrected chi connectivity index (χ2v) is 23.6. The second kappa shape index (κ2) is 53.5. The Labute approximate surface area is 555 Å². The normalized spacial score (nSPS) is 28.5. The van der Waals surface area contributed by atoms with E-state index in [1.54, 1.807) is 6.08 Å². The zero-order valence-electron chi connectivity index (χ0n) is 55.4. The lowest BCUT2D eigenvalue weighted by Crippen LogP contribution is -2.66. The Morgan fingerprint density at radius 3 is 1.16 bits per heavy atom. The van der Waals surface area contributed by atoms with Gasteiger partial charge >= 0.3 is 0 Å². The van der Waals surface area contributed by atoms with Crippen molar-refractivity contribution in [3.8, 4) is 0 Å². The summed E-state index contributed by atoms with van der Waals surface area (Å²) < 4.78 is 34.2. The number of nitrogens with one attached hydrogen (secondary N) is 1. The van der Waals surface area contributed by atoms with E-state index in [0.29, 0.717) is 12.8 Å². The minimum Gasteiger partial charge on any atom is -0.394 e. The SMILES string of the molecule is CC/C=C\C/C=C\C/C=C\C/C=C\C/C=C\C/C=C\C/C=C\C/C=C\C/C=C\C/C=C\C/C=C\C/C=C\CCCCC(=O)NC(COC1OC(CO)C(OC2OC(CO)C(OC3OC(CO)C(O)C(O)C3O)C(O)C2O)C(O)C1O)C(O)/C=C/CCCCCCCCC. The van der Waals surface area contributed by atoms with Gasteiger partial charge in [0.2, 0.25) is 5.91 Å². The Bertz CT molecular complexity index is 2300. The summed E-state index contributed by atoms with van der Waals surface area (Å²) >= 11 is 0. The molecule has 3 fully saturated rings. The van der Waals surface area contributed by atoms with Crippen LogP contribution in [0, 0.1) is 0 Å². The van der Waals surface area contributed by atoms with E-state index < -0.39 is 124 Å². The van der Waals surface area contributed by atoms with Crippen LogP contribution in [0.1, 0.15) is 168 Å². The quantitative estimate of drug-likeness (QED) is 0.0200. The van der Waals surface area contributed by atoms with Crippen LogP contribution in [0.25, 0.3) is 0 Å². The summed E-state index contributed by atoms with van der Waals surface area (Å²) in [5, 5.41) is 120. The van der Waals surface area contributed by atoms with Crippen LogP contribution in [0.5, 0.6) is 0 Å². The van der Waals surface area contributed by atoms with Crippen molar-refractivity contribution < 1.29 is 89.4 Å². The van der Waals surface area contributed by atoms with Crippen LogP contribution in [0.15, 0.2) is 158 Å². The lowest BCUT2D eigenvalue weighted by atomic mass is 9.96. The highest BCUT2D eigenvalue weighted by molar-refractivity contribution is 5.76. The van der Waals surface area contributed by atoms with Crippen molar-refractivity contribution in [2.24, 2.45) is 0 Å². The zero-order chi connectivity index (χ0) is 67.5. The van der Waals surface area contributed by atoms with Crippen molar-refractivity contribution in [2.45, 2.75) is 272 Å². The molecule has 0 aromatic carbocycles. The van der Waals surface area contributed by atoms with E-state index in [4.69, 9.17) is 28.4 Å². The molecule has 0 spiro atoms. The highest BCUT2D eigenvalue weighted by atomic mass is 16.8. The maximum atomic E-state index is 13.3. The minimum absolute atomic E-state index is 0.176. The van der Waals surface area contributed by atoms with E-state index in [1.165, 1.54) is 25.7 Å². The van der Waals surface area contributed by atoms with Crippen molar-refractivity contribution in [3.05, 3.63) is 158 Å². The van der Waals surface area contributed by atoms with Crippen LogP contribution in [-0.4, -0.2) is 193 Å². The molecule has 0 aromatic heterocycles.